The number of furan rings is 1. The number of amides is 1. The van der Waals surface area contributed by atoms with Crippen molar-refractivity contribution < 1.29 is 23.1 Å². The summed E-state index contributed by atoms with van der Waals surface area (Å²) in [5.74, 6) is 1.46. The van der Waals surface area contributed by atoms with Crippen molar-refractivity contribution in [2.45, 2.75) is 6.92 Å². The highest BCUT2D eigenvalue weighted by Crippen LogP contribution is 2.33. The van der Waals surface area contributed by atoms with Gasteiger partial charge in [0, 0.05) is 10.9 Å². The normalized spacial score (nSPS) is 10.8. The third kappa shape index (κ3) is 3.39. The number of carbonyl (C=O) groups is 1. The summed E-state index contributed by atoms with van der Waals surface area (Å²) in [7, 11) is 1.57. The number of fused-ring (bicyclic) bond motifs is 1. The van der Waals surface area contributed by atoms with E-state index < -0.39 is 0 Å². The number of para-hydroxylation sites is 1. The fourth-order valence-corrected chi connectivity index (χ4v) is 2.71. The number of carbonyl (C=O) groups excluding carboxylic acids is 1. The van der Waals surface area contributed by atoms with Crippen molar-refractivity contribution in [2.24, 2.45) is 0 Å². The van der Waals surface area contributed by atoms with Crippen LogP contribution in [0.3, 0.4) is 0 Å². The highest BCUT2D eigenvalue weighted by Gasteiger charge is 2.17. The van der Waals surface area contributed by atoms with Crippen LogP contribution in [0.25, 0.3) is 22.6 Å². The molecule has 1 N–H and O–H groups in total. The molecule has 0 aliphatic heterocycles. The molecule has 142 valence electrons. The first-order valence-electron chi connectivity index (χ1n) is 8.62. The maximum Gasteiger partial charge on any atom is 0.322 e. The Labute approximate surface area is 160 Å². The minimum atomic E-state index is -0.371. The molecule has 2 heterocycles. The van der Waals surface area contributed by atoms with E-state index >= 15 is 0 Å². The quantitative estimate of drug-likeness (QED) is 0.537. The van der Waals surface area contributed by atoms with Gasteiger partial charge in [-0.1, -0.05) is 17.2 Å². The number of nitrogens with zero attached hydrogens (tertiary/aromatic N) is 2. The molecule has 0 atom stereocenters. The Hall–Kier alpha value is -3.81. The number of ether oxygens (including phenoxy) is 2. The number of anilines is 1. The van der Waals surface area contributed by atoms with Crippen molar-refractivity contribution in [3.63, 3.8) is 0 Å². The van der Waals surface area contributed by atoms with Crippen molar-refractivity contribution in [3.05, 3.63) is 54.1 Å². The number of benzene rings is 2. The van der Waals surface area contributed by atoms with Crippen LogP contribution in [-0.4, -0.2) is 29.8 Å². The second-order valence-corrected chi connectivity index (χ2v) is 5.81. The molecule has 0 saturated carbocycles. The molecule has 0 radical (unpaired) electrons. The first-order chi connectivity index (χ1) is 13.7. The predicted molar refractivity (Wildman–Crippen MR) is 102 cm³/mol. The van der Waals surface area contributed by atoms with Gasteiger partial charge in [-0.3, -0.25) is 10.1 Å². The van der Waals surface area contributed by atoms with Gasteiger partial charge >= 0.3 is 6.01 Å². The lowest BCUT2D eigenvalue weighted by Crippen LogP contribution is -2.12. The van der Waals surface area contributed by atoms with Gasteiger partial charge in [0.05, 0.1) is 13.7 Å². The minimum absolute atomic E-state index is 0.0266. The largest absolute Gasteiger partial charge is 0.494 e. The molecule has 4 rings (SSSR count). The Morgan fingerprint density at radius 1 is 1.11 bits per heavy atom. The van der Waals surface area contributed by atoms with Crippen LogP contribution >= 0.6 is 0 Å². The van der Waals surface area contributed by atoms with E-state index in [-0.39, 0.29) is 17.8 Å². The van der Waals surface area contributed by atoms with Gasteiger partial charge in [0.2, 0.25) is 0 Å². The van der Waals surface area contributed by atoms with Crippen LogP contribution in [0, 0.1) is 0 Å². The smallest absolute Gasteiger partial charge is 0.322 e. The van der Waals surface area contributed by atoms with Crippen molar-refractivity contribution in [1.82, 2.24) is 10.2 Å². The maximum absolute atomic E-state index is 12.3. The number of hydrogen-bond donors (Lipinski definition) is 1. The number of rotatable bonds is 6. The Morgan fingerprint density at radius 3 is 2.68 bits per heavy atom. The number of methoxy groups -OCH3 is 1. The lowest BCUT2D eigenvalue weighted by molar-refractivity contribution is 0.102. The number of aromatic nitrogens is 2. The van der Waals surface area contributed by atoms with Gasteiger partial charge in [0.1, 0.15) is 5.75 Å². The summed E-state index contributed by atoms with van der Waals surface area (Å²) in [6.07, 6.45) is 0. The molecule has 0 spiro atoms. The third-order valence-corrected chi connectivity index (χ3v) is 4.01. The highest BCUT2D eigenvalue weighted by molar-refractivity contribution is 6.03. The van der Waals surface area contributed by atoms with Gasteiger partial charge in [0.25, 0.3) is 11.8 Å². The SMILES string of the molecule is CCOc1ccc(C(=O)Nc2nnc(-c3cc4cccc(OC)c4o3)o2)cc1. The van der Waals surface area contributed by atoms with Crippen LogP contribution in [0.15, 0.2) is 57.4 Å². The van der Waals surface area contributed by atoms with Crippen LogP contribution in [0.2, 0.25) is 0 Å². The topological polar surface area (TPSA) is 99.6 Å². The molecule has 0 saturated heterocycles. The monoisotopic (exact) mass is 379 g/mol. The van der Waals surface area contributed by atoms with Gasteiger partial charge in [0.15, 0.2) is 17.1 Å². The zero-order valence-electron chi connectivity index (χ0n) is 15.3. The van der Waals surface area contributed by atoms with Crippen LogP contribution in [-0.2, 0) is 0 Å². The van der Waals surface area contributed by atoms with E-state index in [9.17, 15) is 4.79 Å². The van der Waals surface area contributed by atoms with Gasteiger partial charge in [-0.2, -0.15) is 0 Å². The number of hydrogen-bond acceptors (Lipinski definition) is 7. The van der Waals surface area contributed by atoms with Crippen LogP contribution in [0.4, 0.5) is 6.01 Å². The third-order valence-electron chi connectivity index (χ3n) is 4.01. The van der Waals surface area contributed by atoms with E-state index in [0.29, 0.717) is 35.0 Å². The predicted octanol–water partition coefficient (Wildman–Crippen LogP) is 4.14. The summed E-state index contributed by atoms with van der Waals surface area (Å²) in [5, 5.41) is 11.2. The molecular weight excluding hydrogens is 362 g/mol. The molecule has 0 bridgehead atoms. The maximum atomic E-state index is 12.3. The zero-order valence-corrected chi connectivity index (χ0v) is 15.3. The summed E-state index contributed by atoms with van der Waals surface area (Å²) in [6.45, 7) is 2.45. The van der Waals surface area contributed by atoms with Crippen LogP contribution in [0.5, 0.6) is 11.5 Å². The zero-order chi connectivity index (χ0) is 19.5. The Bertz CT molecular complexity index is 1110. The summed E-state index contributed by atoms with van der Waals surface area (Å²) in [6, 6.07) is 14.0. The second kappa shape index (κ2) is 7.43. The fraction of sp³-hybridized carbons (Fsp3) is 0.150. The van der Waals surface area contributed by atoms with E-state index in [1.54, 1.807) is 43.5 Å². The number of nitrogens with one attached hydrogen (secondary N) is 1. The van der Waals surface area contributed by atoms with Crippen LogP contribution < -0.4 is 14.8 Å². The molecule has 0 aliphatic carbocycles. The molecule has 0 unspecified atom stereocenters. The van der Waals surface area contributed by atoms with Gasteiger partial charge in [-0.05, 0) is 43.3 Å². The highest BCUT2D eigenvalue weighted by atomic mass is 16.5. The van der Waals surface area contributed by atoms with Crippen molar-refractivity contribution in [3.8, 4) is 23.1 Å². The second-order valence-electron chi connectivity index (χ2n) is 5.81. The van der Waals surface area contributed by atoms with E-state index in [2.05, 4.69) is 15.5 Å². The standard InChI is InChI=1S/C20H17N3O5/c1-3-26-14-9-7-12(8-10-14)18(24)21-20-23-22-19(28-20)16-11-13-5-4-6-15(25-2)17(13)27-16/h4-11H,3H2,1-2H3,(H,21,23,24). The van der Waals surface area contributed by atoms with Crippen molar-refractivity contribution >= 4 is 22.9 Å². The fourth-order valence-electron chi connectivity index (χ4n) is 2.71. The van der Waals surface area contributed by atoms with E-state index in [1.807, 2.05) is 19.1 Å². The summed E-state index contributed by atoms with van der Waals surface area (Å²) in [5.41, 5.74) is 1.02. The van der Waals surface area contributed by atoms with Gasteiger partial charge in [-0.25, -0.2) is 0 Å². The van der Waals surface area contributed by atoms with Crippen molar-refractivity contribution in [1.29, 1.82) is 0 Å². The van der Waals surface area contributed by atoms with E-state index in [0.717, 1.165) is 5.39 Å². The molecule has 28 heavy (non-hydrogen) atoms. The Morgan fingerprint density at radius 2 is 1.93 bits per heavy atom. The first kappa shape index (κ1) is 17.6. The summed E-state index contributed by atoms with van der Waals surface area (Å²) >= 11 is 0. The average molecular weight is 379 g/mol. The lowest BCUT2D eigenvalue weighted by Gasteiger charge is -2.04. The van der Waals surface area contributed by atoms with Crippen LogP contribution in [0.1, 0.15) is 17.3 Å². The minimum Gasteiger partial charge on any atom is -0.494 e. The molecule has 8 heteroatoms. The molecule has 2 aromatic carbocycles. The molecule has 8 nitrogen and oxygen atoms in total. The first-order valence-corrected chi connectivity index (χ1v) is 8.62. The molecular formula is C20H17N3O5. The summed E-state index contributed by atoms with van der Waals surface area (Å²) in [4.78, 5) is 12.3. The summed E-state index contributed by atoms with van der Waals surface area (Å²) < 4.78 is 21.9. The molecule has 0 aliphatic rings. The molecule has 0 fully saturated rings. The average Bonchev–Trinajstić information content (AvgIpc) is 3.35. The van der Waals surface area contributed by atoms with E-state index in [1.165, 1.54) is 0 Å². The van der Waals surface area contributed by atoms with Crippen molar-refractivity contribution in [2.75, 3.05) is 19.0 Å². The lowest BCUT2D eigenvalue weighted by atomic mass is 10.2. The Kier molecular flexibility index (Phi) is 4.67. The molecule has 1 amide bonds. The van der Waals surface area contributed by atoms with E-state index in [4.69, 9.17) is 18.3 Å². The molecule has 4 aromatic rings. The van der Waals surface area contributed by atoms with Gasteiger partial charge < -0.3 is 18.3 Å². The Balaban J connectivity index is 1.52. The molecule has 2 aromatic heterocycles. The van der Waals surface area contributed by atoms with Gasteiger partial charge in [-0.15, -0.1) is 5.10 Å².